The van der Waals surface area contributed by atoms with Gasteiger partial charge in [0, 0.05) is 0 Å². The van der Waals surface area contributed by atoms with Gasteiger partial charge in [0.15, 0.2) is 5.41 Å². The van der Waals surface area contributed by atoms with Gasteiger partial charge in [-0.3, -0.25) is 0 Å². The van der Waals surface area contributed by atoms with Crippen molar-refractivity contribution in [3.05, 3.63) is 12.2 Å². The van der Waals surface area contributed by atoms with E-state index in [1.807, 2.05) is 0 Å². The van der Waals surface area contributed by atoms with Crippen molar-refractivity contribution < 1.29 is 39.5 Å². The fraction of sp³-hybridized carbons (Fsp3) is 0.895. The van der Waals surface area contributed by atoms with E-state index in [4.69, 9.17) is 0 Å². The highest BCUT2D eigenvalue weighted by molar-refractivity contribution is 5.13. The Morgan fingerprint density at radius 1 is 0.821 bits per heavy atom. The number of hydrogen-bond acceptors (Lipinski definition) is 0. The average molecular weight is 424 g/mol. The van der Waals surface area contributed by atoms with Crippen LogP contribution in [0.2, 0.25) is 0 Å². The number of alkyl halides is 9. The van der Waals surface area contributed by atoms with Crippen LogP contribution in [0.15, 0.2) is 12.2 Å². The summed E-state index contributed by atoms with van der Waals surface area (Å²) < 4.78 is 120. The summed E-state index contributed by atoms with van der Waals surface area (Å²) >= 11 is 0. The second kappa shape index (κ2) is 7.11. The Balaban J connectivity index is 2.15. The predicted molar refractivity (Wildman–Crippen MR) is 86.2 cm³/mol. The average Bonchev–Trinajstić information content (AvgIpc) is 2.52. The molecule has 1 fully saturated rings. The molecule has 0 nitrogen and oxygen atoms in total. The monoisotopic (exact) mass is 424 g/mol. The molecule has 0 aromatic heterocycles. The van der Waals surface area contributed by atoms with Gasteiger partial charge in [-0.1, -0.05) is 26.0 Å². The highest BCUT2D eigenvalue weighted by atomic mass is 19.4. The maximum atomic E-state index is 13.5. The second-order valence-corrected chi connectivity index (χ2v) is 8.71. The van der Waals surface area contributed by atoms with Crippen molar-refractivity contribution in [3.8, 4) is 0 Å². The quantitative estimate of drug-likeness (QED) is 0.315. The Hall–Kier alpha value is -0.890. The summed E-state index contributed by atoms with van der Waals surface area (Å²) in [5, 5.41) is 0. The third-order valence-corrected chi connectivity index (χ3v) is 7.27. The highest BCUT2D eigenvalue weighted by Gasteiger charge is 2.70. The molecule has 2 rings (SSSR count). The molecule has 28 heavy (non-hydrogen) atoms. The maximum absolute atomic E-state index is 13.5. The molecule has 0 heterocycles. The van der Waals surface area contributed by atoms with Gasteiger partial charge in [0.05, 0.1) is 5.41 Å². The molecule has 3 unspecified atom stereocenters. The number of hydrogen-bond donors (Lipinski definition) is 0. The topological polar surface area (TPSA) is 0 Å². The van der Waals surface area contributed by atoms with Crippen LogP contribution < -0.4 is 0 Å². The van der Waals surface area contributed by atoms with Crippen molar-refractivity contribution in [1.82, 2.24) is 0 Å². The van der Waals surface area contributed by atoms with Crippen LogP contribution in [-0.4, -0.2) is 18.5 Å². The van der Waals surface area contributed by atoms with E-state index < -0.39 is 60.0 Å². The lowest BCUT2D eigenvalue weighted by molar-refractivity contribution is -0.351. The predicted octanol–water partition coefficient (Wildman–Crippen LogP) is 7.70. The molecule has 0 spiro atoms. The third-order valence-electron chi connectivity index (χ3n) is 7.27. The van der Waals surface area contributed by atoms with Crippen LogP contribution in [0.25, 0.3) is 0 Å². The summed E-state index contributed by atoms with van der Waals surface area (Å²) in [6, 6.07) is 0. The minimum absolute atomic E-state index is 0.199. The van der Waals surface area contributed by atoms with Crippen molar-refractivity contribution >= 4 is 0 Å². The summed E-state index contributed by atoms with van der Waals surface area (Å²) in [7, 11) is 0. The van der Waals surface area contributed by atoms with E-state index in [0.717, 1.165) is 13.0 Å². The summed E-state index contributed by atoms with van der Waals surface area (Å²) in [4.78, 5) is 0. The fourth-order valence-electron chi connectivity index (χ4n) is 4.84. The van der Waals surface area contributed by atoms with Crippen molar-refractivity contribution in [1.29, 1.82) is 0 Å². The molecule has 9 heteroatoms. The van der Waals surface area contributed by atoms with Gasteiger partial charge in [0.1, 0.15) is 0 Å². The van der Waals surface area contributed by atoms with E-state index in [2.05, 4.69) is 0 Å². The Bertz CT molecular complexity index is 560. The van der Waals surface area contributed by atoms with E-state index in [9.17, 15) is 39.5 Å². The molecule has 0 radical (unpaired) electrons. The van der Waals surface area contributed by atoms with Gasteiger partial charge in [-0.2, -0.15) is 39.5 Å². The van der Waals surface area contributed by atoms with Gasteiger partial charge >= 0.3 is 18.5 Å². The molecule has 0 saturated heterocycles. The van der Waals surface area contributed by atoms with Gasteiger partial charge in [-0.15, -0.1) is 0 Å². The zero-order valence-corrected chi connectivity index (χ0v) is 15.9. The van der Waals surface area contributed by atoms with E-state index in [-0.39, 0.29) is 25.2 Å². The van der Waals surface area contributed by atoms with Gasteiger partial charge in [-0.25, -0.2) is 0 Å². The Kier molecular flexibility index (Phi) is 5.94. The van der Waals surface area contributed by atoms with Crippen molar-refractivity contribution in [2.24, 2.45) is 34.5 Å². The maximum Gasteiger partial charge on any atom is 0.403 e. The molecule has 0 aromatic rings. The van der Waals surface area contributed by atoms with Crippen molar-refractivity contribution in [2.75, 3.05) is 0 Å². The molecule has 2 aliphatic rings. The van der Waals surface area contributed by atoms with Crippen LogP contribution in [-0.2, 0) is 0 Å². The molecular weight excluding hydrogens is 399 g/mol. The van der Waals surface area contributed by atoms with Crippen LogP contribution in [0.5, 0.6) is 0 Å². The van der Waals surface area contributed by atoms with Crippen molar-refractivity contribution in [3.63, 3.8) is 0 Å². The molecule has 0 N–H and O–H groups in total. The summed E-state index contributed by atoms with van der Waals surface area (Å²) in [6.07, 6.45) is -15.2. The normalized spacial score (nSPS) is 35.2. The molecular formula is C19H25F9. The highest BCUT2D eigenvalue weighted by Crippen LogP contribution is 2.60. The SMILES string of the molecule is CC1C=CC(C)(C(F)(F)F)[C@@H](C)C1CC1CCC(C(F)(F)F)(C(F)(F)F)CC1. The zero-order chi connectivity index (χ0) is 21.8. The van der Waals surface area contributed by atoms with E-state index in [1.54, 1.807) is 6.92 Å². The number of allylic oxidation sites excluding steroid dienone is 2. The molecule has 2 aliphatic carbocycles. The first-order valence-corrected chi connectivity index (χ1v) is 9.36. The van der Waals surface area contributed by atoms with Crippen LogP contribution in [0.4, 0.5) is 39.5 Å². The molecule has 4 atom stereocenters. The molecule has 1 saturated carbocycles. The van der Waals surface area contributed by atoms with Gasteiger partial charge < -0.3 is 0 Å². The number of halogens is 9. The fourth-order valence-corrected chi connectivity index (χ4v) is 4.84. The lowest BCUT2D eigenvalue weighted by Gasteiger charge is -2.47. The number of rotatable bonds is 2. The standard InChI is InChI=1S/C19H25F9/c1-11-4-7-15(3,17(20,21)22)12(2)14(11)10-13-5-8-16(9-6-13,18(23,24)25)19(26,27)28/h4,7,11-14H,5-6,8-10H2,1-3H3/t11?,12-,14?,15?/m0/s1. The molecule has 0 aromatic carbocycles. The van der Waals surface area contributed by atoms with Gasteiger partial charge in [0.25, 0.3) is 0 Å². The van der Waals surface area contributed by atoms with E-state index in [0.29, 0.717) is 0 Å². The third kappa shape index (κ3) is 3.78. The van der Waals surface area contributed by atoms with E-state index >= 15 is 0 Å². The summed E-state index contributed by atoms with van der Waals surface area (Å²) in [5.41, 5.74) is -5.76. The van der Waals surface area contributed by atoms with Gasteiger partial charge in [0.2, 0.25) is 0 Å². The van der Waals surface area contributed by atoms with Crippen LogP contribution in [0, 0.1) is 34.5 Å². The first-order valence-electron chi connectivity index (χ1n) is 9.36. The molecule has 0 aliphatic heterocycles. The van der Waals surface area contributed by atoms with Crippen LogP contribution >= 0.6 is 0 Å². The lowest BCUT2D eigenvalue weighted by atomic mass is 9.59. The van der Waals surface area contributed by atoms with Crippen LogP contribution in [0.1, 0.15) is 52.9 Å². The van der Waals surface area contributed by atoms with Gasteiger partial charge in [-0.05, 0) is 62.7 Å². The Labute approximate surface area is 158 Å². The summed E-state index contributed by atoms with van der Waals surface area (Å²) in [5.74, 6) is -1.94. The Morgan fingerprint density at radius 3 is 1.68 bits per heavy atom. The molecule has 0 bridgehead atoms. The minimum atomic E-state index is -5.39. The molecule has 164 valence electrons. The molecule has 0 amide bonds. The first-order chi connectivity index (χ1) is 12.5. The Morgan fingerprint density at radius 2 is 1.29 bits per heavy atom. The van der Waals surface area contributed by atoms with Crippen molar-refractivity contribution in [2.45, 2.75) is 71.4 Å². The van der Waals surface area contributed by atoms with E-state index in [1.165, 1.54) is 13.0 Å². The minimum Gasteiger partial charge on any atom is -0.170 e. The summed E-state index contributed by atoms with van der Waals surface area (Å²) in [6.45, 7) is 4.30. The second-order valence-electron chi connectivity index (χ2n) is 8.71. The first kappa shape index (κ1) is 23.4. The lowest BCUT2D eigenvalue weighted by Crippen LogP contribution is -2.52. The largest absolute Gasteiger partial charge is 0.403 e. The smallest absolute Gasteiger partial charge is 0.170 e. The zero-order valence-electron chi connectivity index (χ0n) is 15.9. The van der Waals surface area contributed by atoms with Crippen LogP contribution in [0.3, 0.4) is 0 Å².